The van der Waals surface area contributed by atoms with Crippen molar-refractivity contribution in [3.63, 3.8) is 0 Å². The number of hydrogen-bond acceptors (Lipinski definition) is 2. The third kappa shape index (κ3) is 4.04. The van der Waals surface area contributed by atoms with E-state index in [0.717, 1.165) is 0 Å². The Hall–Kier alpha value is -0.883. The Morgan fingerprint density at radius 1 is 1.16 bits per heavy atom. The first-order valence-electron chi connectivity index (χ1n) is 6.10. The topological polar surface area (TPSA) is 22.1 Å². The molecule has 0 fully saturated rings. The Labute approximate surface area is 113 Å². The van der Waals surface area contributed by atoms with E-state index in [1.807, 2.05) is 20.8 Å². The molecule has 1 rings (SSSR count). The molecule has 1 unspecified atom stereocenters. The second-order valence-electron chi connectivity index (χ2n) is 6.05. The van der Waals surface area contributed by atoms with Crippen molar-refractivity contribution in [2.75, 3.05) is 0 Å². The van der Waals surface area contributed by atoms with Crippen LogP contribution in [0.15, 0.2) is 24.4 Å². The minimum Gasteiger partial charge on any atom is -0.401 e. The maximum atomic E-state index is 13.2. The SMILES string of the molecule is CC(C)(C)[Si](C)(C)OC(c1ccccn1)C(F)(F)F. The molecule has 0 aliphatic heterocycles. The highest BCUT2D eigenvalue weighted by atomic mass is 28.4. The van der Waals surface area contributed by atoms with Gasteiger partial charge >= 0.3 is 6.18 Å². The van der Waals surface area contributed by atoms with Gasteiger partial charge in [0.15, 0.2) is 14.4 Å². The fourth-order valence-corrected chi connectivity index (χ4v) is 2.49. The molecule has 0 saturated heterocycles. The van der Waals surface area contributed by atoms with Crippen LogP contribution in [0.25, 0.3) is 0 Å². The van der Waals surface area contributed by atoms with Crippen LogP contribution >= 0.6 is 0 Å². The number of rotatable bonds is 3. The molecule has 0 N–H and O–H groups in total. The van der Waals surface area contributed by atoms with Gasteiger partial charge in [0.1, 0.15) is 0 Å². The summed E-state index contributed by atoms with van der Waals surface area (Å²) in [4.78, 5) is 3.79. The molecule has 0 amide bonds. The van der Waals surface area contributed by atoms with Gasteiger partial charge in [-0.3, -0.25) is 4.98 Å². The van der Waals surface area contributed by atoms with Gasteiger partial charge < -0.3 is 4.43 Å². The second-order valence-corrected chi connectivity index (χ2v) is 10.8. The highest BCUT2D eigenvalue weighted by Crippen LogP contribution is 2.44. The predicted octanol–water partition coefficient (Wildman–Crippen LogP) is 4.71. The third-order valence-electron chi connectivity index (χ3n) is 3.47. The minimum absolute atomic E-state index is 0.0835. The molecule has 0 bridgehead atoms. The Morgan fingerprint density at radius 2 is 1.74 bits per heavy atom. The maximum Gasteiger partial charge on any atom is 0.419 e. The van der Waals surface area contributed by atoms with Crippen LogP contribution in [0.5, 0.6) is 0 Å². The zero-order valence-electron chi connectivity index (χ0n) is 11.9. The Kier molecular flexibility index (Phi) is 4.46. The number of alkyl halides is 3. The van der Waals surface area contributed by atoms with E-state index in [1.54, 1.807) is 19.2 Å². The van der Waals surface area contributed by atoms with Crippen LogP contribution in [-0.4, -0.2) is 19.5 Å². The van der Waals surface area contributed by atoms with Gasteiger partial charge in [0, 0.05) is 6.20 Å². The lowest BCUT2D eigenvalue weighted by Gasteiger charge is -2.39. The molecule has 0 aromatic carbocycles. The Morgan fingerprint density at radius 3 is 2.11 bits per heavy atom. The van der Waals surface area contributed by atoms with E-state index in [-0.39, 0.29) is 10.7 Å². The van der Waals surface area contributed by atoms with E-state index in [4.69, 9.17) is 4.43 Å². The summed E-state index contributed by atoms with van der Waals surface area (Å²) in [6.07, 6.45) is -5.05. The van der Waals surface area contributed by atoms with Gasteiger partial charge in [-0.15, -0.1) is 0 Å². The molecule has 1 aromatic heterocycles. The number of hydrogen-bond donors (Lipinski definition) is 0. The van der Waals surface area contributed by atoms with Crippen LogP contribution in [0.2, 0.25) is 18.1 Å². The van der Waals surface area contributed by atoms with Crippen molar-refractivity contribution < 1.29 is 17.6 Å². The van der Waals surface area contributed by atoms with Crippen LogP contribution in [0.4, 0.5) is 13.2 Å². The molecule has 1 heterocycles. The Balaban J connectivity index is 3.09. The number of pyridine rings is 1. The van der Waals surface area contributed by atoms with E-state index in [2.05, 4.69) is 4.98 Å². The van der Waals surface area contributed by atoms with Crippen molar-refractivity contribution in [2.45, 2.75) is 51.2 Å². The summed E-state index contributed by atoms with van der Waals surface area (Å²) in [5.41, 5.74) is -0.0835. The standard InChI is InChI=1S/C13H20F3NOSi/c1-12(2,3)19(4,5)18-11(13(14,15)16)10-8-6-7-9-17-10/h6-9,11H,1-5H3. The lowest BCUT2D eigenvalue weighted by Crippen LogP contribution is -2.44. The van der Waals surface area contributed by atoms with Crippen molar-refractivity contribution in [1.29, 1.82) is 0 Å². The molecular formula is C13H20F3NOSi. The Bertz CT molecular complexity index is 412. The highest BCUT2D eigenvalue weighted by molar-refractivity contribution is 6.74. The van der Waals surface area contributed by atoms with Gasteiger partial charge in [0.2, 0.25) is 0 Å². The molecule has 108 valence electrons. The first-order valence-corrected chi connectivity index (χ1v) is 9.01. The van der Waals surface area contributed by atoms with Gasteiger partial charge in [0.05, 0.1) is 5.69 Å². The fourth-order valence-electron chi connectivity index (χ4n) is 1.30. The predicted molar refractivity (Wildman–Crippen MR) is 71.3 cm³/mol. The van der Waals surface area contributed by atoms with Crippen LogP contribution < -0.4 is 0 Å². The second kappa shape index (κ2) is 5.24. The fraction of sp³-hybridized carbons (Fsp3) is 0.615. The van der Waals surface area contributed by atoms with Crippen LogP contribution in [0.1, 0.15) is 32.6 Å². The van der Waals surface area contributed by atoms with Gasteiger partial charge in [0.25, 0.3) is 0 Å². The number of aromatic nitrogens is 1. The zero-order valence-corrected chi connectivity index (χ0v) is 12.9. The van der Waals surface area contributed by atoms with Crippen molar-refractivity contribution in [2.24, 2.45) is 0 Å². The normalized spacial score (nSPS) is 15.4. The van der Waals surface area contributed by atoms with Crippen molar-refractivity contribution in [3.8, 4) is 0 Å². The molecule has 1 aromatic rings. The lowest BCUT2D eigenvalue weighted by molar-refractivity contribution is -0.202. The smallest absolute Gasteiger partial charge is 0.401 e. The summed E-state index contributed by atoms with van der Waals surface area (Å²) in [6.45, 7) is 9.32. The summed E-state index contributed by atoms with van der Waals surface area (Å²) >= 11 is 0. The molecule has 1 atom stereocenters. The van der Waals surface area contributed by atoms with E-state index in [1.165, 1.54) is 18.3 Å². The van der Waals surface area contributed by atoms with E-state index < -0.39 is 20.6 Å². The lowest BCUT2D eigenvalue weighted by atomic mass is 10.2. The summed E-state index contributed by atoms with van der Waals surface area (Å²) < 4.78 is 45.0. The van der Waals surface area contributed by atoms with Gasteiger partial charge in [-0.1, -0.05) is 26.8 Å². The number of halogens is 3. The summed E-state index contributed by atoms with van der Waals surface area (Å²) in [7, 11) is -2.52. The van der Waals surface area contributed by atoms with Crippen molar-refractivity contribution in [1.82, 2.24) is 4.98 Å². The molecule has 0 saturated carbocycles. The minimum atomic E-state index is -4.45. The molecule has 6 heteroatoms. The van der Waals surface area contributed by atoms with Crippen molar-refractivity contribution >= 4 is 8.32 Å². The molecule has 0 radical (unpaired) electrons. The van der Waals surface area contributed by atoms with Crippen LogP contribution in [-0.2, 0) is 4.43 Å². The molecule has 2 nitrogen and oxygen atoms in total. The summed E-state index contributed by atoms with van der Waals surface area (Å²) in [5, 5.41) is -0.286. The molecule has 0 spiro atoms. The quantitative estimate of drug-likeness (QED) is 0.753. The molecule has 0 aliphatic carbocycles. The maximum absolute atomic E-state index is 13.2. The molecular weight excluding hydrogens is 271 g/mol. The van der Waals surface area contributed by atoms with Gasteiger partial charge in [-0.2, -0.15) is 13.2 Å². The largest absolute Gasteiger partial charge is 0.419 e. The van der Waals surface area contributed by atoms with Crippen molar-refractivity contribution in [3.05, 3.63) is 30.1 Å². The van der Waals surface area contributed by atoms with Crippen LogP contribution in [0.3, 0.4) is 0 Å². The van der Waals surface area contributed by atoms with E-state index >= 15 is 0 Å². The van der Waals surface area contributed by atoms with Gasteiger partial charge in [-0.05, 0) is 30.3 Å². The summed E-state index contributed by atoms with van der Waals surface area (Å²) in [5.74, 6) is 0. The van der Waals surface area contributed by atoms with E-state index in [9.17, 15) is 13.2 Å². The third-order valence-corrected chi connectivity index (χ3v) is 7.91. The zero-order chi connectivity index (χ0) is 14.9. The highest BCUT2D eigenvalue weighted by Gasteiger charge is 2.49. The van der Waals surface area contributed by atoms with E-state index in [0.29, 0.717) is 0 Å². The average molecular weight is 291 g/mol. The first kappa shape index (κ1) is 16.2. The average Bonchev–Trinajstić information content (AvgIpc) is 2.24. The van der Waals surface area contributed by atoms with Crippen LogP contribution in [0, 0.1) is 0 Å². The molecule has 0 aliphatic rings. The summed E-state index contributed by atoms with van der Waals surface area (Å²) in [6, 6.07) is 4.48. The number of nitrogens with zero attached hydrogens (tertiary/aromatic N) is 1. The van der Waals surface area contributed by atoms with Gasteiger partial charge in [-0.25, -0.2) is 0 Å². The molecule has 19 heavy (non-hydrogen) atoms. The first-order chi connectivity index (χ1) is 8.45. The monoisotopic (exact) mass is 291 g/mol.